The number of hydrogen-bond donors (Lipinski definition) is 0. The Morgan fingerprint density at radius 2 is 1.61 bits per heavy atom. The molecular formula is C19H29N3O. The van der Waals surface area contributed by atoms with E-state index in [4.69, 9.17) is 0 Å². The summed E-state index contributed by atoms with van der Waals surface area (Å²) in [6, 6.07) is 7.76. The van der Waals surface area contributed by atoms with Crippen molar-refractivity contribution >= 4 is 17.4 Å². The fourth-order valence-electron chi connectivity index (χ4n) is 2.52. The normalized spacial score (nSPS) is 16.1. The Hall–Kier alpha value is -2.10. The van der Waals surface area contributed by atoms with Gasteiger partial charge in [0.25, 0.3) is 5.91 Å². The summed E-state index contributed by atoms with van der Waals surface area (Å²) in [7, 11) is 1.83. The molecule has 4 heteroatoms. The molecule has 2 heterocycles. The summed E-state index contributed by atoms with van der Waals surface area (Å²) in [6.45, 7) is 13.5. The highest BCUT2D eigenvalue weighted by Gasteiger charge is 2.30. The molecule has 23 heavy (non-hydrogen) atoms. The minimum atomic E-state index is 0.0583. The number of likely N-dealkylation sites (N-methyl/N-ethyl adjacent to an activating group) is 1. The van der Waals surface area contributed by atoms with Crippen LogP contribution in [-0.4, -0.2) is 36.8 Å². The summed E-state index contributed by atoms with van der Waals surface area (Å²) < 4.78 is 0. The van der Waals surface area contributed by atoms with Gasteiger partial charge >= 0.3 is 0 Å². The lowest BCUT2D eigenvalue weighted by Gasteiger charge is -2.30. The van der Waals surface area contributed by atoms with Gasteiger partial charge in [0.15, 0.2) is 0 Å². The molecule has 0 aliphatic carbocycles. The van der Waals surface area contributed by atoms with Gasteiger partial charge in [0.1, 0.15) is 5.84 Å². The number of fused-ring (bicyclic) bond motifs is 3. The van der Waals surface area contributed by atoms with Crippen molar-refractivity contribution in [2.45, 2.75) is 41.5 Å². The zero-order valence-electron chi connectivity index (χ0n) is 15.5. The molecule has 4 nitrogen and oxygen atoms in total. The van der Waals surface area contributed by atoms with E-state index in [2.05, 4.69) is 16.8 Å². The maximum Gasteiger partial charge on any atom is 0.256 e. The minimum absolute atomic E-state index is 0.0583. The molecule has 2 aliphatic rings. The van der Waals surface area contributed by atoms with Gasteiger partial charge in [-0.25, -0.2) is 4.99 Å². The number of hydrogen-bond acceptors (Lipinski definition) is 3. The molecule has 1 aromatic rings. The fourth-order valence-corrected chi connectivity index (χ4v) is 2.52. The summed E-state index contributed by atoms with van der Waals surface area (Å²) in [5.74, 6) is 1.01. The Labute approximate surface area is 140 Å². The molecule has 0 saturated carbocycles. The van der Waals surface area contributed by atoms with Crippen LogP contribution in [0.25, 0.3) is 0 Å². The number of benzene rings is 1. The quantitative estimate of drug-likeness (QED) is 0.714. The number of carbonyl (C=O) groups excluding carboxylic acids is 1. The monoisotopic (exact) mass is 315 g/mol. The Balaban J connectivity index is 0.000000615. The standard InChI is InChI=1S/C15H17N3O.2C2H6/c1-10-8-18-13-7-5-4-6-12(13)15(19)17(3)9-14(18)16-11(10)2;2*1-2/h4-7H,8-9H2,1-3H3;2*1-2H3. The van der Waals surface area contributed by atoms with Gasteiger partial charge in [-0.1, -0.05) is 39.8 Å². The van der Waals surface area contributed by atoms with Crippen LogP contribution in [-0.2, 0) is 0 Å². The molecular weight excluding hydrogens is 286 g/mol. The van der Waals surface area contributed by atoms with Crippen LogP contribution in [0.1, 0.15) is 51.9 Å². The number of anilines is 1. The van der Waals surface area contributed by atoms with E-state index < -0.39 is 0 Å². The lowest BCUT2D eigenvalue weighted by Crippen LogP contribution is -2.40. The van der Waals surface area contributed by atoms with E-state index in [1.807, 2.05) is 65.9 Å². The second-order valence-electron chi connectivity index (χ2n) is 5.16. The molecule has 0 unspecified atom stereocenters. The number of amidine groups is 1. The fraction of sp³-hybridized carbons (Fsp3) is 0.474. The maximum absolute atomic E-state index is 12.4. The van der Waals surface area contributed by atoms with Crippen LogP contribution in [0.4, 0.5) is 5.69 Å². The van der Waals surface area contributed by atoms with E-state index >= 15 is 0 Å². The van der Waals surface area contributed by atoms with Gasteiger partial charge in [-0.3, -0.25) is 4.79 Å². The Morgan fingerprint density at radius 3 is 2.26 bits per heavy atom. The molecule has 126 valence electrons. The highest BCUT2D eigenvalue weighted by atomic mass is 16.2. The predicted octanol–water partition coefficient (Wildman–Crippen LogP) is 4.34. The molecule has 0 aromatic heterocycles. The third kappa shape index (κ3) is 3.81. The largest absolute Gasteiger partial charge is 0.334 e. The second kappa shape index (κ2) is 8.51. The van der Waals surface area contributed by atoms with Crippen molar-refractivity contribution in [2.75, 3.05) is 25.0 Å². The molecule has 0 bridgehead atoms. The molecule has 0 spiro atoms. The smallest absolute Gasteiger partial charge is 0.256 e. The van der Waals surface area contributed by atoms with Crippen molar-refractivity contribution in [3.63, 3.8) is 0 Å². The molecule has 2 aliphatic heterocycles. The van der Waals surface area contributed by atoms with Gasteiger partial charge in [0, 0.05) is 19.3 Å². The summed E-state index contributed by atoms with van der Waals surface area (Å²) in [5.41, 5.74) is 4.02. The summed E-state index contributed by atoms with van der Waals surface area (Å²) in [5, 5.41) is 0. The van der Waals surface area contributed by atoms with Gasteiger partial charge in [0.05, 0.1) is 17.8 Å². The van der Waals surface area contributed by atoms with E-state index in [-0.39, 0.29) is 5.91 Å². The molecule has 0 saturated heterocycles. The predicted molar refractivity (Wildman–Crippen MR) is 99.3 cm³/mol. The average Bonchev–Trinajstić information content (AvgIpc) is 2.69. The Morgan fingerprint density at radius 1 is 1.00 bits per heavy atom. The number of rotatable bonds is 0. The van der Waals surface area contributed by atoms with Gasteiger partial charge < -0.3 is 9.80 Å². The highest BCUT2D eigenvalue weighted by Crippen LogP contribution is 2.29. The molecule has 0 atom stereocenters. The van der Waals surface area contributed by atoms with E-state index in [1.165, 1.54) is 5.57 Å². The van der Waals surface area contributed by atoms with E-state index in [0.29, 0.717) is 6.54 Å². The topological polar surface area (TPSA) is 35.9 Å². The second-order valence-corrected chi connectivity index (χ2v) is 5.16. The number of aliphatic imine (C=N–C) groups is 1. The Kier molecular flexibility index (Phi) is 7.01. The molecule has 1 aromatic carbocycles. The number of para-hydroxylation sites is 1. The highest BCUT2D eigenvalue weighted by molar-refractivity contribution is 6.12. The molecule has 1 amide bonds. The molecule has 0 N–H and O–H groups in total. The van der Waals surface area contributed by atoms with Crippen molar-refractivity contribution in [3.05, 3.63) is 41.1 Å². The number of carbonyl (C=O) groups is 1. The van der Waals surface area contributed by atoms with Crippen LogP contribution >= 0.6 is 0 Å². The number of allylic oxidation sites excluding steroid dienone is 1. The first kappa shape index (κ1) is 18.9. The first-order valence-corrected chi connectivity index (χ1v) is 8.44. The minimum Gasteiger partial charge on any atom is -0.334 e. The van der Waals surface area contributed by atoms with Gasteiger partial charge in [0.2, 0.25) is 0 Å². The van der Waals surface area contributed by atoms with E-state index in [9.17, 15) is 4.79 Å². The lowest BCUT2D eigenvalue weighted by molar-refractivity contribution is 0.0817. The van der Waals surface area contributed by atoms with Crippen LogP contribution in [0.2, 0.25) is 0 Å². The van der Waals surface area contributed by atoms with Gasteiger partial charge in [-0.15, -0.1) is 0 Å². The summed E-state index contributed by atoms with van der Waals surface area (Å²) in [6.07, 6.45) is 0. The SMILES string of the molecule is CC.CC.CC1=C(C)N=C2CN(C)C(=O)c3ccccc3N2C1. The van der Waals surface area contributed by atoms with E-state index in [1.54, 1.807) is 4.90 Å². The van der Waals surface area contributed by atoms with Crippen molar-refractivity contribution in [3.8, 4) is 0 Å². The van der Waals surface area contributed by atoms with Crippen molar-refractivity contribution in [1.82, 2.24) is 4.90 Å². The van der Waals surface area contributed by atoms with Gasteiger partial charge in [-0.2, -0.15) is 0 Å². The molecule has 3 rings (SSSR count). The Bertz CT molecular complexity index is 617. The van der Waals surface area contributed by atoms with Crippen molar-refractivity contribution in [2.24, 2.45) is 4.99 Å². The third-order valence-electron chi connectivity index (χ3n) is 3.77. The first-order valence-electron chi connectivity index (χ1n) is 8.44. The van der Waals surface area contributed by atoms with Crippen LogP contribution in [0.5, 0.6) is 0 Å². The number of nitrogens with zero attached hydrogens (tertiary/aromatic N) is 3. The first-order chi connectivity index (χ1) is 11.1. The molecule has 0 fully saturated rings. The van der Waals surface area contributed by atoms with Crippen LogP contribution < -0.4 is 4.90 Å². The third-order valence-corrected chi connectivity index (χ3v) is 3.77. The zero-order chi connectivity index (χ0) is 17.6. The number of amides is 1. The van der Waals surface area contributed by atoms with Crippen LogP contribution in [0.15, 0.2) is 40.5 Å². The average molecular weight is 315 g/mol. The van der Waals surface area contributed by atoms with Crippen LogP contribution in [0, 0.1) is 0 Å². The van der Waals surface area contributed by atoms with Crippen molar-refractivity contribution < 1.29 is 4.79 Å². The van der Waals surface area contributed by atoms with Gasteiger partial charge in [-0.05, 0) is 31.6 Å². The van der Waals surface area contributed by atoms with E-state index in [0.717, 1.165) is 29.3 Å². The zero-order valence-corrected chi connectivity index (χ0v) is 15.5. The van der Waals surface area contributed by atoms with Crippen molar-refractivity contribution in [1.29, 1.82) is 0 Å². The molecule has 0 radical (unpaired) electrons. The lowest BCUT2D eigenvalue weighted by atomic mass is 10.1. The maximum atomic E-state index is 12.4. The summed E-state index contributed by atoms with van der Waals surface area (Å²) in [4.78, 5) is 20.9. The van der Waals surface area contributed by atoms with Crippen LogP contribution in [0.3, 0.4) is 0 Å². The summed E-state index contributed by atoms with van der Waals surface area (Å²) >= 11 is 0.